The molecular formula is C13H16ClN5. The highest BCUT2D eigenvalue weighted by Gasteiger charge is 2.24. The molecule has 1 fully saturated rings. The zero-order valence-electron chi connectivity index (χ0n) is 10.5. The second-order valence-electron chi connectivity index (χ2n) is 4.80. The summed E-state index contributed by atoms with van der Waals surface area (Å²) in [6, 6.07) is 10.1. The molecule has 1 aliphatic rings. The molecule has 1 aromatic heterocycles. The molecule has 100 valence electrons. The molecule has 0 spiro atoms. The Morgan fingerprint density at radius 3 is 2.74 bits per heavy atom. The van der Waals surface area contributed by atoms with Crippen LogP contribution in [-0.2, 0) is 0 Å². The molecule has 1 saturated carbocycles. The Hall–Kier alpha value is -1.62. The highest BCUT2D eigenvalue weighted by atomic mass is 35.5. The monoisotopic (exact) mass is 277 g/mol. The summed E-state index contributed by atoms with van der Waals surface area (Å²) < 4.78 is 1.71. The van der Waals surface area contributed by atoms with E-state index in [1.165, 1.54) is 12.8 Å². The number of aromatic nitrogens is 4. The number of hydrogen-bond donors (Lipinski definition) is 1. The minimum atomic E-state index is 0.148. The zero-order valence-corrected chi connectivity index (χ0v) is 11.3. The minimum absolute atomic E-state index is 0.148. The highest BCUT2D eigenvalue weighted by molar-refractivity contribution is 6.21. The van der Waals surface area contributed by atoms with Crippen molar-refractivity contribution in [3.8, 4) is 5.69 Å². The molecule has 1 N–H and O–H groups in total. The summed E-state index contributed by atoms with van der Waals surface area (Å²) in [6.07, 6.45) is 4.52. The van der Waals surface area contributed by atoms with Gasteiger partial charge < -0.3 is 5.32 Å². The largest absolute Gasteiger partial charge is 0.349 e. The van der Waals surface area contributed by atoms with E-state index in [-0.39, 0.29) is 11.4 Å². The maximum absolute atomic E-state index is 6.36. The van der Waals surface area contributed by atoms with E-state index in [4.69, 9.17) is 11.6 Å². The fraction of sp³-hybridized carbons (Fsp3) is 0.462. The lowest BCUT2D eigenvalue weighted by atomic mass is 9.95. The molecule has 3 rings (SSSR count). The number of alkyl halides is 1. The molecule has 0 radical (unpaired) electrons. The summed E-state index contributed by atoms with van der Waals surface area (Å²) in [7, 11) is 0. The minimum Gasteiger partial charge on any atom is -0.349 e. The van der Waals surface area contributed by atoms with Crippen molar-refractivity contribution < 1.29 is 0 Å². The second kappa shape index (κ2) is 5.57. The van der Waals surface area contributed by atoms with Gasteiger partial charge in [0.1, 0.15) is 0 Å². The Bertz CT molecular complexity index is 527. The highest BCUT2D eigenvalue weighted by Crippen LogP contribution is 2.25. The Morgan fingerprint density at radius 2 is 1.95 bits per heavy atom. The van der Waals surface area contributed by atoms with Crippen molar-refractivity contribution in [2.24, 2.45) is 0 Å². The van der Waals surface area contributed by atoms with E-state index in [1.54, 1.807) is 4.68 Å². The predicted octanol–water partition coefficient (Wildman–Crippen LogP) is 2.62. The predicted molar refractivity (Wildman–Crippen MR) is 74.7 cm³/mol. The average molecular weight is 278 g/mol. The number of nitrogens with one attached hydrogen (secondary N) is 1. The van der Waals surface area contributed by atoms with Crippen LogP contribution in [0.4, 0.5) is 5.95 Å². The molecular weight excluding hydrogens is 262 g/mol. The lowest BCUT2D eigenvalue weighted by Crippen LogP contribution is -2.33. The molecule has 1 aromatic carbocycles. The molecule has 1 aliphatic carbocycles. The van der Waals surface area contributed by atoms with Gasteiger partial charge in [0.2, 0.25) is 5.95 Å². The van der Waals surface area contributed by atoms with Gasteiger partial charge in [-0.1, -0.05) is 36.1 Å². The van der Waals surface area contributed by atoms with E-state index < -0.39 is 0 Å². The van der Waals surface area contributed by atoms with Crippen LogP contribution in [0.1, 0.15) is 25.7 Å². The Labute approximate surface area is 117 Å². The van der Waals surface area contributed by atoms with Crippen LogP contribution >= 0.6 is 11.6 Å². The first-order valence-corrected chi connectivity index (χ1v) is 7.02. The number of para-hydroxylation sites is 1. The van der Waals surface area contributed by atoms with Gasteiger partial charge in [-0.15, -0.1) is 11.6 Å². The fourth-order valence-electron chi connectivity index (χ4n) is 2.43. The van der Waals surface area contributed by atoms with Gasteiger partial charge in [-0.05, 0) is 35.4 Å². The quantitative estimate of drug-likeness (QED) is 0.877. The van der Waals surface area contributed by atoms with Crippen LogP contribution < -0.4 is 5.32 Å². The summed E-state index contributed by atoms with van der Waals surface area (Å²) in [5.41, 5.74) is 0.942. The fourth-order valence-corrected chi connectivity index (χ4v) is 2.78. The molecule has 6 heteroatoms. The smallest absolute Gasteiger partial charge is 0.248 e. The maximum Gasteiger partial charge on any atom is 0.248 e. The van der Waals surface area contributed by atoms with Gasteiger partial charge in [0.05, 0.1) is 11.1 Å². The molecule has 2 aromatic rings. The summed E-state index contributed by atoms with van der Waals surface area (Å²) in [6.45, 7) is 0. The number of benzene rings is 1. The number of hydrogen-bond acceptors (Lipinski definition) is 4. The topological polar surface area (TPSA) is 55.6 Å². The van der Waals surface area contributed by atoms with E-state index in [2.05, 4.69) is 20.8 Å². The molecule has 0 amide bonds. The van der Waals surface area contributed by atoms with Gasteiger partial charge in [0.15, 0.2) is 0 Å². The van der Waals surface area contributed by atoms with Crippen molar-refractivity contribution in [2.75, 3.05) is 5.32 Å². The van der Waals surface area contributed by atoms with Gasteiger partial charge in [0, 0.05) is 6.04 Å². The van der Waals surface area contributed by atoms with Crippen LogP contribution in [0.25, 0.3) is 5.69 Å². The normalized spacial score (nSPS) is 23.2. The van der Waals surface area contributed by atoms with Crippen LogP contribution in [0.15, 0.2) is 30.3 Å². The van der Waals surface area contributed by atoms with Gasteiger partial charge >= 0.3 is 0 Å². The first-order chi connectivity index (χ1) is 9.34. The third kappa shape index (κ3) is 2.71. The second-order valence-corrected chi connectivity index (χ2v) is 5.36. The Kier molecular flexibility index (Phi) is 3.64. The van der Waals surface area contributed by atoms with E-state index in [1.807, 2.05) is 30.3 Å². The van der Waals surface area contributed by atoms with Gasteiger partial charge in [0.25, 0.3) is 0 Å². The molecule has 0 saturated heterocycles. The summed E-state index contributed by atoms with van der Waals surface area (Å²) in [5.74, 6) is 0.656. The van der Waals surface area contributed by atoms with Crippen LogP contribution in [0.3, 0.4) is 0 Å². The van der Waals surface area contributed by atoms with E-state index in [0.717, 1.165) is 18.5 Å². The molecule has 2 atom stereocenters. The van der Waals surface area contributed by atoms with Crippen molar-refractivity contribution in [1.29, 1.82) is 0 Å². The lowest BCUT2D eigenvalue weighted by Gasteiger charge is -2.27. The van der Waals surface area contributed by atoms with Crippen molar-refractivity contribution in [2.45, 2.75) is 37.1 Å². The number of rotatable bonds is 3. The van der Waals surface area contributed by atoms with Crippen molar-refractivity contribution in [1.82, 2.24) is 20.2 Å². The van der Waals surface area contributed by atoms with Crippen LogP contribution in [0, 0.1) is 0 Å². The van der Waals surface area contributed by atoms with Gasteiger partial charge in [-0.2, -0.15) is 4.68 Å². The first-order valence-electron chi connectivity index (χ1n) is 6.59. The van der Waals surface area contributed by atoms with Crippen molar-refractivity contribution in [3.05, 3.63) is 30.3 Å². The van der Waals surface area contributed by atoms with Crippen LogP contribution in [0.2, 0.25) is 0 Å². The first kappa shape index (κ1) is 12.4. The summed E-state index contributed by atoms with van der Waals surface area (Å²) >= 11 is 6.36. The van der Waals surface area contributed by atoms with Crippen LogP contribution in [0.5, 0.6) is 0 Å². The van der Waals surface area contributed by atoms with E-state index in [9.17, 15) is 0 Å². The van der Waals surface area contributed by atoms with Gasteiger partial charge in [-0.25, -0.2) is 0 Å². The van der Waals surface area contributed by atoms with Crippen molar-refractivity contribution in [3.63, 3.8) is 0 Å². The standard InChI is InChI=1S/C13H16ClN5/c14-11-8-4-5-9-12(11)15-13-16-17-18-19(13)10-6-2-1-3-7-10/h1-3,6-7,11-12H,4-5,8-9H2,(H,15,16,18). The molecule has 0 aliphatic heterocycles. The molecule has 5 nitrogen and oxygen atoms in total. The molecule has 1 heterocycles. The number of anilines is 1. The average Bonchev–Trinajstić information content (AvgIpc) is 2.91. The number of halogens is 1. The third-order valence-electron chi connectivity index (χ3n) is 3.47. The SMILES string of the molecule is ClC1CCCCC1Nc1nnnn1-c1ccccc1. The Balaban J connectivity index is 1.81. The molecule has 2 unspecified atom stereocenters. The van der Waals surface area contributed by atoms with Gasteiger partial charge in [-0.3, -0.25) is 0 Å². The number of nitrogens with zero attached hydrogens (tertiary/aromatic N) is 4. The third-order valence-corrected chi connectivity index (χ3v) is 3.99. The lowest BCUT2D eigenvalue weighted by molar-refractivity contribution is 0.467. The zero-order chi connectivity index (χ0) is 13.1. The van der Waals surface area contributed by atoms with Crippen LogP contribution in [-0.4, -0.2) is 31.6 Å². The van der Waals surface area contributed by atoms with E-state index in [0.29, 0.717) is 5.95 Å². The van der Waals surface area contributed by atoms with Crippen molar-refractivity contribution >= 4 is 17.5 Å². The summed E-state index contributed by atoms with van der Waals surface area (Å²) in [5, 5.41) is 15.3. The molecule has 0 bridgehead atoms. The maximum atomic E-state index is 6.36. The van der Waals surface area contributed by atoms with E-state index >= 15 is 0 Å². The molecule has 19 heavy (non-hydrogen) atoms. The summed E-state index contributed by atoms with van der Waals surface area (Å²) in [4.78, 5) is 0. The number of tetrazole rings is 1. The Morgan fingerprint density at radius 1 is 1.16 bits per heavy atom.